The molecule has 0 spiro atoms. The van der Waals surface area contributed by atoms with E-state index in [9.17, 15) is 4.79 Å². The van der Waals surface area contributed by atoms with Crippen LogP contribution in [0.3, 0.4) is 0 Å². The second kappa shape index (κ2) is 8.74. The number of nitrogens with one attached hydrogen (secondary N) is 1. The Morgan fingerprint density at radius 3 is 2.67 bits per heavy atom. The van der Waals surface area contributed by atoms with Gasteiger partial charge in [0.15, 0.2) is 0 Å². The van der Waals surface area contributed by atoms with Crippen LogP contribution in [0.4, 0.5) is 11.5 Å². The number of benzene rings is 1. The Labute approximate surface area is 166 Å². The Morgan fingerprint density at radius 1 is 1.19 bits per heavy atom. The predicted octanol–water partition coefficient (Wildman–Crippen LogP) is 4.31. The van der Waals surface area contributed by atoms with Gasteiger partial charge in [-0.25, -0.2) is 9.97 Å². The standard InChI is InChI=1S/C21H28N4OS/c1-14-5-6-17(4)18(8-14)24-20(26)12-27-21-9-19(22-13-23-21)25-10-15(2)7-16(3)11-25/h5-6,8-9,13,15-16H,7,10-12H2,1-4H3,(H,24,26). The summed E-state index contributed by atoms with van der Waals surface area (Å²) in [5, 5.41) is 3.83. The summed E-state index contributed by atoms with van der Waals surface area (Å²) in [6.45, 7) is 10.7. The molecule has 2 heterocycles. The second-order valence-corrected chi connectivity index (χ2v) is 8.72. The number of aromatic nitrogens is 2. The summed E-state index contributed by atoms with van der Waals surface area (Å²) in [6.07, 6.45) is 2.87. The lowest BCUT2D eigenvalue weighted by atomic mass is 9.92. The zero-order valence-electron chi connectivity index (χ0n) is 16.5. The number of carbonyl (C=O) groups excluding carboxylic acids is 1. The molecular weight excluding hydrogens is 356 g/mol. The molecule has 3 rings (SSSR count). The Hall–Kier alpha value is -2.08. The van der Waals surface area contributed by atoms with Crippen molar-refractivity contribution in [3.63, 3.8) is 0 Å². The van der Waals surface area contributed by atoms with E-state index in [0.29, 0.717) is 17.6 Å². The van der Waals surface area contributed by atoms with Crippen LogP contribution in [-0.2, 0) is 4.79 Å². The number of nitrogens with zero attached hydrogens (tertiary/aromatic N) is 3. The van der Waals surface area contributed by atoms with E-state index < -0.39 is 0 Å². The number of piperidine rings is 1. The van der Waals surface area contributed by atoms with Crippen molar-refractivity contribution in [3.05, 3.63) is 41.7 Å². The van der Waals surface area contributed by atoms with Crippen molar-refractivity contribution in [3.8, 4) is 0 Å². The SMILES string of the molecule is Cc1ccc(C)c(NC(=O)CSc2cc(N3CC(C)CC(C)C3)ncn2)c1. The molecule has 144 valence electrons. The lowest BCUT2D eigenvalue weighted by Crippen LogP contribution is -2.39. The summed E-state index contributed by atoms with van der Waals surface area (Å²) >= 11 is 1.45. The summed E-state index contributed by atoms with van der Waals surface area (Å²) in [5.41, 5.74) is 3.07. The highest BCUT2D eigenvalue weighted by atomic mass is 32.2. The fraction of sp³-hybridized carbons (Fsp3) is 0.476. The number of aryl methyl sites for hydroxylation is 2. The highest BCUT2D eigenvalue weighted by Crippen LogP contribution is 2.27. The second-order valence-electron chi connectivity index (χ2n) is 7.72. The summed E-state index contributed by atoms with van der Waals surface area (Å²) < 4.78 is 0. The number of rotatable bonds is 5. The smallest absolute Gasteiger partial charge is 0.234 e. The summed E-state index contributed by atoms with van der Waals surface area (Å²) in [4.78, 5) is 23.4. The van der Waals surface area contributed by atoms with Gasteiger partial charge in [0.1, 0.15) is 17.2 Å². The number of thioether (sulfide) groups is 1. The largest absolute Gasteiger partial charge is 0.356 e. The fourth-order valence-electron chi connectivity index (χ4n) is 3.63. The van der Waals surface area contributed by atoms with Crippen LogP contribution in [0.15, 0.2) is 35.6 Å². The first-order valence-electron chi connectivity index (χ1n) is 9.47. The van der Waals surface area contributed by atoms with E-state index in [1.807, 2.05) is 38.1 Å². The fourth-order valence-corrected chi connectivity index (χ4v) is 4.29. The highest BCUT2D eigenvalue weighted by Gasteiger charge is 2.23. The van der Waals surface area contributed by atoms with Gasteiger partial charge in [-0.2, -0.15) is 0 Å². The predicted molar refractivity (Wildman–Crippen MR) is 112 cm³/mol. The van der Waals surface area contributed by atoms with Gasteiger partial charge < -0.3 is 10.2 Å². The number of carbonyl (C=O) groups is 1. The summed E-state index contributed by atoms with van der Waals surface area (Å²) in [6, 6.07) is 8.07. The van der Waals surface area contributed by atoms with Crippen LogP contribution in [0, 0.1) is 25.7 Å². The Kier molecular flexibility index (Phi) is 6.37. The molecular formula is C21H28N4OS. The molecule has 1 aromatic carbocycles. The van der Waals surface area contributed by atoms with Crippen molar-refractivity contribution in [2.75, 3.05) is 29.1 Å². The zero-order valence-corrected chi connectivity index (χ0v) is 17.3. The topological polar surface area (TPSA) is 58.1 Å². The molecule has 1 saturated heterocycles. The minimum Gasteiger partial charge on any atom is -0.356 e. The maximum Gasteiger partial charge on any atom is 0.234 e. The minimum absolute atomic E-state index is 0.0194. The van der Waals surface area contributed by atoms with Gasteiger partial charge in [-0.1, -0.05) is 37.7 Å². The molecule has 1 aliphatic heterocycles. The van der Waals surface area contributed by atoms with Crippen molar-refractivity contribution in [1.82, 2.24) is 9.97 Å². The molecule has 1 aliphatic rings. The lowest BCUT2D eigenvalue weighted by molar-refractivity contribution is -0.113. The van der Waals surface area contributed by atoms with Gasteiger partial charge in [-0.3, -0.25) is 4.79 Å². The Bertz CT molecular complexity index is 801. The van der Waals surface area contributed by atoms with Gasteiger partial charge in [0.25, 0.3) is 0 Å². The minimum atomic E-state index is -0.0194. The number of hydrogen-bond acceptors (Lipinski definition) is 5. The molecule has 2 aromatic rings. The number of anilines is 2. The number of amides is 1. The zero-order chi connectivity index (χ0) is 19.4. The maximum absolute atomic E-state index is 12.3. The van der Waals surface area contributed by atoms with Gasteiger partial charge in [0, 0.05) is 24.8 Å². The molecule has 0 saturated carbocycles. The van der Waals surface area contributed by atoms with Crippen LogP contribution >= 0.6 is 11.8 Å². The van der Waals surface area contributed by atoms with Crippen LogP contribution in [0.5, 0.6) is 0 Å². The van der Waals surface area contributed by atoms with Crippen molar-refractivity contribution in [2.45, 2.75) is 39.1 Å². The first-order chi connectivity index (χ1) is 12.9. The number of hydrogen-bond donors (Lipinski definition) is 1. The molecule has 0 aliphatic carbocycles. The van der Waals surface area contributed by atoms with Crippen LogP contribution in [0.1, 0.15) is 31.4 Å². The molecule has 27 heavy (non-hydrogen) atoms. The van der Waals surface area contributed by atoms with Gasteiger partial charge >= 0.3 is 0 Å². The first kappa shape index (κ1) is 19.7. The van der Waals surface area contributed by atoms with E-state index in [2.05, 4.69) is 34.0 Å². The molecule has 0 radical (unpaired) electrons. The normalized spacial score (nSPS) is 19.8. The van der Waals surface area contributed by atoms with Crippen molar-refractivity contribution >= 4 is 29.2 Å². The van der Waals surface area contributed by atoms with Gasteiger partial charge in [-0.05, 0) is 49.3 Å². The molecule has 6 heteroatoms. The molecule has 2 atom stereocenters. The van der Waals surface area contributed by atoms with E-state index in [1.165, 1.54) is 18.2 Å². The monoisotopic (exact) mass is 384 g/mol. The van der Waals surface area contributed by atoms with Gasteiger partial charge in [0.05, 0.1) is 5.75 Å². The van der Waals surface area contributed by atoms with E-state index in [1.54, 1.807) is 6.33 Å². The van der Waals surface area contributed by atoms with Crippen molar-refractivity contribution in [2.24, 2.45) is 11.8 Å². The van der Waals surface area contributed by atoms with Gasteiger partial charge in [0.2, 0.25) is 5.91 Å². The van der Waals surface area contributed by atoms with Crippen molar-refractivity contribution < 1.29 is 4.79 Å². The Morgan fingerprint density at radius 2 is 1.93 bits per heavy atom. The lowest BCUT2D eigenvalue weighted by Gasteiger charge is -2.35. The molecule has 0 bridgehead atoms. The molecule has 1 fully saturated rings. The summed E-state index contributed by atoms with van der Waals surface area (Å²) in [7, 11) is 0. The third-order valence-corrected chi connectivity index (χ3v) is 5.76. The van der Waals surface area contributed by atoms with Crippen LogP contribution in [-0.4, -0.2) is 34.7 Å². The van der Waals surface area contributed by atoms with Crippen LogP contribution < -0.4 is 10.2 Å². The molecule has 1 amide bonds. The van der Waals surface area contributed by atoms with E-state index in [-0.39, 0.29) is 5.91 Å². The molecule has 1 N–H and O–H groups in total. The maximum atomic E-state index is 12.3. The third kappa shape index (κ3) is 5.45. The van der Waals surface area contributed by atoms with Crippen LogP contribution in [0.25, 0.3) is 0 Å². The van der Waals surface area contributed by atoms with Crippen LogP contribution in [0.2, 0.25) is 0 Å². The summed E-state index contributed by atoms with van der Waals surface area (Å²) in [5.74, 6) is 2.61. The van der Waals surface area contributed by atoms with E-state index in [0.717, 1.165) is 40.7 Å². The van der Waals surface area contributed by atoms with E-state index >= 15 is 0 Å². The molecule has 5 nitrogen and oxygen atoms in total. The third-order valence-electron chi connectivity index (χ3n) is 4.84. The molecule has 1 aromatic heterocycles. The average Bonchev–Trinajstić information content (AvgIpc) is 2.62. The first-order valence-corrected chi connectivity index (χ1v) is 10.5. The average molecular weight is 385 g/mol. The van der Waals surface area contributed by atoms with Gasteiger partial charge in [-0.15, -0.1) is 0 Å². The van der Waals surface area contributed by atoms with Crippen molar-refractivity contribution in [1.29, 1.82) is 0 Å². The molecule has 2 unspecified atom stereocenters. The highest BCUT2D eigenvalue weighted by molar-refractivity contribution is 7.99. The Balaban J connectivity index is 1.59. The quantitative estimate of drug-likeness (QED) is 0.615. The van der Waals surface area contributed by atoms with E-state index in [4.69, 9.17) is 0 Å².